The van der Waals surface area contributed by atoms with E-state index in [9.17, 15) is 10.1 Å². The van der Waals surface area contributed by atoms with Crippen LogP contribution >= 0.6 is 11.8 Å². The van der Waals surface area contributed by atoms with Gasteiger partial charge in [0.15, 0.2) is 0 Å². The lowest BCUT2D eigenvalue weighted by Crippen LogP contribution is -1.98. The number of imidazole rings is 1. The molecule has 3 aromatic rings. The first-order valence-electron chi connectivity index (χ1n) is 7.14. The molecule has 0 radical (unpaired) electrons. The fraction of sp³-hybridized carbons (Fsp3) is 0.200. The second-order valence-corrected chi connectivity index (χ2v) is 6.37. The molecular formula is C15H13N5O2S. The van der Waals surface area contributed by atoms with Gasteiger partial charge in [0, 0.05) is 42.7 Å². The van der Waals surface area contributed by atoms with Gasteiger partial charge in [0.2, 0.25) is 0 Å². The third kappa shape index (κ3) is 2.61. The van der Waals surface area contributed by atoms with Gasteiger partial charge in [-0.15, -0.1) is 11.8 Å². The Hall–Kier alpha value is -2.61. The summed E-state index contributed by atoms with van der Waals surface area (Å²) in [5.41, 5.74) is 2.36. The van der Waals surface area contributed by atoms with E-state index < -0.39 is 0 Å². The summed E-state index contributed by atoms with van der Waals surface area (Å²) in [6.45, 7) is 1.34. The minimum Gasteiger partial charge on any atom is -0.347 e. The molecule has 23 heavy (non-hydrogen) atoms. The molecular weight excluding hydrogens is 314 g/mol. The number of non-ortho nitro benzene ring substituents is 1. The summed E-state index contributed by atoms with van der Waals surface area (Å²) in [4.78, 5) is 22.7. The van der Waals surface area contributed by atoms with Gasteiger partial charge >= 0.3 is 0 Å². The van der Waals surface area contributed by atoms with Gasteiger partial charge in [0.25, 0.3) is 5.69 Å². The van der Waals surface area contributed by atoms with Gasteiger partial charge in [-0.05, 0) is 17.7 Å². The number of H-pyrrole nitrogens is 1. The van der Waals surface area contributed by atoms with Crippen molar-refractivity contribution in [3.63, 3.8) is 0 Å². The van der Waals surface area contributed by atoms with Crippen LogP contribution in [-0.2, 0) is 6.54 Å². The summed E-state index contributed by atoms with van der Waals surface area (Å²) in [5, 5.41) is 13.2. The molecule has 4 rings (SSSR count). The summed E-state index contributed by atoms with van der Waals surface area (Å²) >= 11 is 1.67. The molecule has 3 heterocycles. The summed E-state index contributed by atoms with van der Waals surface area (Å²) in [6.07, 6.45) is 5.22. The number of thioether (sulfide) groups is 1. The molecule has 0 bridgehead atoms. The number of benzene rings is 1. The average Bonchev–Trinajstić information content (AvgIpc) is 3.27. The summed E-state index contributed by atoms with van der Waals surface area (Å²) in [5.74, 6) is 0.957. The molecule has 0 spiro atoms. The molecule has 2 aromatic heterocycles. The molecule has 0 unspecified atom stereocenters. The average molecular weight is 327 g/mol. The largest absolute Gasteiger partial charge is 0.347 e. The Balaban J connectivity index is 1.82. The number of fused-ring (bicyclic) bond motifs is 1. The zero-order valence-corrected chi connectivity index (χ0v) is 12.9. The van der Waals surface area contributed by atoms with Crippen LogP contribution in [0.2, 0.25) is 0 Å². The molecule has 0 saturated carbocycles. The fourth-order valence-corrected chi connectivity index (χ4v) is 3.55. The van der Waals surface area contributed by atoms with Crippen molar-refractivity contribution in [2.45, 2.75) is 6.54 Å². The number of hydrogen-bond donors (Lipinski definition) is 1. The maximum atomic E-state index is 11.4. The van der Waals surface area contributed by atoms with Crippen molar-refractivity contribution in [2.75, 3.05) is 12.3 Å². The number of hydrogen-bond acceptors (Lipinski definition) is 5. The van der Waals surface area contributed by atoms with Crippen LogP contribution in [0, 0.1) is 10.1 Å². The predicted molar refractivity (Wildman–Crippen MR) is 90.1 cm³/mol. The Morgan fingerprint density at radius 3 is 3.00 bits per heavy atom. The highest BCUT2D eigenvalue weighted by molar-refractivity contribution is 8.14. The lowest BCUT2D eigenvalue weighted by Gasteiger charge is -2.03. The Bertz CT molecular complexity index is 913. The number of nitro benzene ring substituents is 1. The first kappa shape index (κ1) is 14.0. The first-order valence-corrected chi connectivity index (χ1v) is 8.12. The number of nitro groups is 1. The van der Waals surface area contributed by atoms with Crippen molar-refractivity contribution in [2.24, 2.45) is 4.99 Å². The molecule has 8 heteroatoms. The van der Waals surface area contributed by atoms with Crippen molar-refractivity contribution in [1.82, 2.24) is 14.5 Å². The molecule has 116 valence electrons. The SMILES string of the molecule is O=[N+]([O-])c1cc(Cn2ccnc2)cc2cc(C3=NCCS3)[nH]c12. The van der Waals surface area contributed by atoms with Crippen LogP contribution in [0.1, 0.15) is 11.3 Å². The molecule has 0 fully saturated rings. The Morgan fingerprint density at radius 2 is 2.30 bits per heavy atom. The van der Waals surface area contributed by atoms with Crippen molar-refractivity contribution in [3.05, 3.63) is 58.3 Å². The zero-order valence-electron chi connectivity index (χ0n) is 12.1. The zero-order chi connectivity index (χ0) is 15.8. The minimum absolute atomic E-state index is 0.0902. The van der Waals surface area contributed by atoms with Crippen LogP contribution in [0.5, 0.6) is 0 Å². The molecule has 1 aliphatic rings. The van der Waals surface area contributed by atoms with Crippen LogP contribution in [-0.4, -0.2) is 36.8 Å². The van der Waals surface area contributed by atoms with Gasteiger partial charge in [-0.3, -0.25) is 15.1 Å². The van der Waals surface area contributed by atoms with Gasteiger partial charge in [-0.25, -0.2) is 4.98 Å². The molecule has 0 atom stereocenters. The summed E-state index contributed by atoms with van der Waals surface area (Å²) < 4.78 is 1.88. The third-order valence-corrected chi connectivity index (χ3v) is 4.71. The third-order valence-electron chi connectivity index (χ3n) is 3.70. The quantitative estimate of drug-likeness (QED) is 0.589. The molecule has 0 amide bonds. The first-order chi connectivity index (χ1) is 11.2. The predicted octanol–water partition coefficient (Wildman–Crippen LogP) is 2.81. The highest BCUT2D eigenvalue weighted by atomic mass is 32.2. The molecule has 7 nitrogen and oxygen atoms in total. The topological polar surface area (TPSA) is 89.1 Å². The number of aromatic nitrogens is 3. The Labute approximate surface area is 135 Å². The minimum atomic E-state index is -0.344. The van der Waals surface area contributed by atoms with Crippen molar-refractivity contribution in [3.8, 4) is 0 Å². The van der Waals surface area contributed by atoms with Gasteiger partial charge in [-0.2, -0.15) is 0 Å². The van der Waals surface area contributed by atoms with Crippen molar-refractivity contribution >= 4 is 33.4 Å². The van der Waals surface area contributed by atoms with E-state index in [1.165, 1.54) is 0 Å². The molecule has 0 aliphatic carbocycles. The molecule has 1 aliphatic heterocycles. The van der Waals surface area contributed by atoms with Crippen LogP contribution in [0.25, 0.3) is 10.9 Å². The standard InChI is InChI=1S/C15H13N5O2S/c21-20(22)13-6-10(8-19-3-1-16-9-19)5-11-7-12(18-14(11)13)15-17-2-4-23-15/h1,3,5-7,9,18H,2,4,8H2. The number of rotatable bonds is 4. The lowest BCUT2D eigenvalue weighted by molar-refractivity contribution is -0.383. The molecule has 1 aromatic carbocycles. The Morgan fingerprint density at radius 1 is 1.39 bits per heavy atom. The second-order valence-electron chi connectivity index (χ2n) is 5.29. The van der Waals surface area contributed by atoms with Gasteiger partial charge < -0.3 is 9.55 Å². The monoisotopic (exact) mass is 327 g/mol. The number of nitrogens with one attached hydrogen (secondary N) is 1. The smallest absolute Gasteiger partial charge is 0.293 e. The highest BCUT2D eigenvalue weighted by Gasteiger charge is 2.19. The van der Waals surface area contributed by atoms with E-state index in [0.29, 0.717) is 12.1 Å². The van der Waals surface area contributed by atoms with Crippen LogP contribution in [0.15, 0.2) is 41.9 Å². The van der Waals surface area contributed by atoms with E-state index in [2.05, 4.69) is 15.0 Å². The highest BCUT2D eigenvalue weighted by Crippen LogP contribution is 2.30. The second kappa shape index (κ2) is 5.54. The van der Waals surface area contributed by atoms with E-state index in [1.54, 1.807) is 30.4 Å². The van der Waals surface area contributed by atoms with Crippen LogP contribution in [0.4, 0.5) is 5.69 Å². The molecule has 0 saturated heterocycles. The van der Waals surface area contributed by atoms with Crippen molar-refractivity contribution < 1.29 is 4.92 Å². The number of nitrogens with zero attached hydrogens (tertiary/aromatic N) is 4. The fourth-order valence-electron chi connectivity index (χ4n) is 2.73. The van der Waals surface area contributed by atoms with Gasteiger partial charge in [0.05, 0.1) is 16.9 Å². The van der Waals surface area contributed by atoms with Crippen LogP contribution < -0.4 is 0 Å². The maximum absolute atomic E-state index is 11.4. The normalized spacial score (nSPS) is 14.3. The van der Waals surface area contributed by atoms with Gasteiger partial charge in [0.1, 0.15) is 10.6 Å². The summed E-state index contributed by atoms with van der Waals surface area (Å²) in [7, 11) is 0. The van der Waals surface area contributed by atoms with Gasteiger partial charge in [-0.1, -0.05) is 0 Å². The van der Waals surface area contributed by atoms with E-state index in [-0.39, 0.29) is 10.6 Å². The van der Waals surface area contributed by atoms with E-state index >= 15 is 0 Å². The van der Waals surface area contributed by atoms with E-state index in [1.807, 2.05) is 22.9 Å². The maximum Gasteiger partial charge on any atom is 0.293 e. The number of aliphatic imine (C=N–C) groups is 1. The lowest BCUT2D eigenvalue weighted by atomic mass is 10.1. The van der Waals surface area contributed by atoms with E-state index in [4.69, 9.17) is 0 Å². The summed E-state index contributed by atoms with van der Waals surface area (Å²) in [6, 6.07) is 5.53. The van der Waals surface area contributed by atoms with Crippen LogP contribution in [0.3, 0.4) is 0 Å². The molecule has 1 N–H and O–H groups in total. The van der Waals surface area contributed by atoms with Crippen molar-refractivity contribution in [1.29, 1.82) is 0 Å². The number of aromatic amines is 1. The van der Waals surface area contributed by atoms with E-state index in [0.717, 1.165) is 34.0 Å². The Kier molecular flexibility index (Phi) is 3.38.